The molecule has 0 amide bonds. The molecule has 1 aromatic rings. The number of hydrogen-bond donors (Lipinski definition) is 0. The van der Waals surface area contributed by atoms with Crippen molar-refractivity contribution in [3.05, 3.63) is 28.5 Å². The summed E-state index contributed by atoms with van der Waals surface area (Å²) in [5.41, 5.74) is 0.921. The standard InChI is InChI=1S/C8H8BrNOS/c1-6(11)12-5-7-3-2-4-8(9)10-7/h2-4H,5H2,1H3. The minimum atomic E-state index is 0.122. The lowest BCUT2D eigenvalue weighted by molar-refractivity contribution is -0.109. The third-order valence-electron chi connectivity index (χ3n) is 1.20. The van der Waals surface area contributed by atoms with E-state index in [2.05, 4.69) is 20.9 Å². The van der Waals surface area contributed by atoms with Crippen LogP contribution in [0.25, 0.3) is 0 Å². The van der Waals surface area contributed by atoms with Crippen molar-refractivity contribution in [1.29, 1.82) is 0 Å². The Morgan fingerprint density at radius 3 is 3.00 bits per heavy atom. The van der Waals surface area contributed by atoms with Crippen molar-refractivity contribution in [1.82, 2.24) is 4.98 Å². The van der Waals surface area contributed by atoms with E-state index in [0.717, 1.165) is 10.3 Å². The Labute approximate surface area is 83.9 Å². The molecule has 0 N–H and O–H groups in total. The maximum absolute atomic E-state index is 10.6. The number of nitrogens with zero attached hydrogens (tertiary/aromatic N) is 1. The number of hydrogen-bond acceptors (Lipinski definition) is 3. The van der Waals surface area contributed by atoms with E-state index in [0.29, 0.717) is 5.75 Å². The average Bonchev–Trinajstić information content (AvgIpc) is 2.01. The topological polar surface area (TPSA) is 30.0 Å². The third kappa shape index (κ3) is 3.36. The van der Waals surface area contributed by atoms with Crippen molar-refractivity contribution in [2.45, 2.75) is 12.7 Å². The number of pyridine rings is 1. The first-order valence-corrected chi connectivity index (χ1v) is 5.21. The molecular formula is C8H8BrNOS. The van der Waals surface area contributed by atoms with Crippen LogP contribution in [-0.4, -0.2) is 10.1 Å². The van der Waals surface area contributed by atoms with Gasteiger partial charge in [-0.25, -0.2) is 4.98 Å². The molecule has 0 saturated heterocycles. The smallest absolute Gasteiger partial charge is 0.186 e. The second-order valence-electron chi connectivity index (χ2n) is 2.23. The molecule has 0 aliphatic heterocycles. The minimum absolute atomic E-state index is 0.122. The fraction of sp³-hybridized carbons (Fsp3) is 0.250. The first kappa shape index (κ1) is 9.74. The highest BCUT2D eigenvalue weighted by molar-refractivity contribution is 9.10. The Balaban J connectivity index is 2.57. The van der Waals surface area contributed by atoms with E-state index < -0.39 is 0 Å². The lowest BCUT2D eigenvalue weighted by atomic mass is 10.4. The molecule has 0 unspecified atom stereocenters. The number of carbonyl (C=O) groups is 1. The van der Waals surface area contributed by atoms with E-state index in [1.54, 1.807) is 6.92 Å². The molecule has 64 valence electrons. The average molecular weight is 246 g/mol. The van der Waals surface area contributed by atoms with Gasteiger partial charge >= 0.3 is 0 Å². The van der Waals surface area contributed by atoms with Gasteiger partial charge in [-0.15, -0.1) is 0 Å². The largest absolute Gasteiger partial charge is 0.288 e. The molecule has 0 spiro atoms. The minimum Gasteiger partial charge on any atom is -0.288 e. The highest BCUT2D eigenvalue weighted by Gasteiger charge is 1.98. The predicted molar refractivity (Wildman–Crippen MR) is 53.9 cm³/mol. The van der Waals surface area contributed by atoms with E-state index in [1.165, 1.54) is 11.8 Å². The summed E-state index contributed by atoms with van der Waals surface area (Å²) in [6.07, 6.45) is 0. The van der Waals surface area contributed by atoms with Gasteiger partial charge in [0.1, 0.15) is 4.60 Å². The summed E-state index contributed by atoms with van der Waals surface area (Å²) in [5, 5.41) is 0.122. The monoisotopic (exact) mass is 245 g/mol. The van der Waals surface area contributed by atoms with Gasteiger partial charge in [-0.1, -0.05) is 17.8 Å². The normalized spacial score (nSPS) is 9.83. The SMILES string of the molecule is CC(=O)SCc1cccc(Br)n1. The molecule has 0 saturated carbocycles. The maximum atomic E-state index is 10.6. The van der Waals surface area contributed by atoms with Crippen LogP contribution >= 0.6 is 27.7 Å². The third-order valence-corrected chi connectivity index (χ3v) is 2.48. The Bertz CT molecular complexity index is 290. The number of rotatable bonds is 2. The van der Waals surface area contributed by atoms with Crippen LogP contribution in [0.2, 0.25) is 0 Å². The fourth-order valence-corrected chi connectivity index (χ4v) is 1.60. The van der Waals surface area contributed by atoms with Gasteiger partial charge in [-0.05, 0) is 28.1 Å². The molecule has 1 aromatic heterocycles. The Morgan fingerprint density at radius 1 is 1.67 bits per heavy atom. The van der Waals surface area contributed by atoms with Gasteiger partial charge in [0.2, 0.25) is 0 Å². The van der Waals surface area contributed by atoms with Gasteiger partial charge in [0.25, 0.3) is 0 Å². The van der Waals surface area contributed by atoms with Crippen LogP contribution in [0.4, 0.5) is 0 Å². The summed E-state index contributed by atoms with van der Waals surface area (Å²) < 4.78 is 0.809. The quantitative estimate of drug-likeness (QED) is 0.751. The molecule has 0 fully saturated rings. The summed E-state index contributed by atoms with van der Waals surface area (Å²) in [5.74, 6) is 0.648. The molecular weight excluding hydrogens is 238 g/mol. The van der Waals surface area contributed by atoms with Crippen LogP contribution < -0.4 is 0 Å². The van der Waals surface area contributed by atoms with Gasteiger partial charge < -0.3 is 0 Å². The van der Waals surface area contributed by atoms with Gasteiger partial charge in [0.15, 0.2) is 5.12 Å². The van der Waals surface area contributed by atoms with Crippen molar-refractivity contribution in [2.75, 3.05) is 0 Å². The molecule has 0 aliphatic carbocycles. The summed E-state index contributed by atoms with van der Waals surface area (Å²) in [4.78, 5) is 14.8. The molecule has 4 heteroatoms. The zero-order valence-electron chi connectivity index (χ0n) is 6.58. The second-order valence-corrected chi connectivity index (χ2v) is 4.20. The fourth-order valence-electron chi connectivity index (χ4n) is 0.706. The number of aromatic nitrogens is 1. The van der Waals surface area contributed by atoms with E-state index in [9.17, 15) is 4.79 Å². The van der Waals surface area contributed by atoms with Crippen molar-refractivity contribution in [2.24, 2.45) is 0 Å². The van der Waals surface area contributed by atoms with Crippen LogP contribution in [0, 0.1) is 0 Å². The molecule has 0 atom stereocenters. The first-order chi connectivity index (χ1) is 5.68. The number of halogens is 1. The maximum Gasteiger partial charge on any atom is 0.186 e. The molecule has 0 radical (unpaired) electrons. The Morgan fingerprint density at radius 2 is 2.42 bits per heavy atom. The second kappa shape index (κ2) is 4.62. The zero-order valence-corrected chi connectivity index (χ0v) is 8.98. The predicted octanol–water partition coefficient (Wildman–Crippen LogP) is 2.62. The van der Waals surface area contributed by atoms with E-state index in [4.69, 9.17) is 0 Å². The van der Waals surface area contributed by atoms with Crippen molar-refractivity contribution >= 4 is 32.8 Å². The molecule has 0 aliphatic rings. The first-order valence-electron chi connectivity index (χ1n) is 3.43. The van der Waals surface area contributed by atoms with E-state index in [-0.39, 0.29) is 5.12 Å². The van der Waals surface area contributed by atoms with Gasteiger partial charge in [0, 0.05) is 12.7 Å². The molecule has 1 heterocycles. The van der Waals surface area contributed by atoms with Gasteiger partial charge in [-0.3, -0.25) is 4.79 Å². The van der Waals surface area contributed by atoms with Crippen LogP contribution in [0.3, 0.4) is 0 Å². The number of thioether (sulfide) groups is 1. The van der Waals surface area contributed by atoms with Crippen LogP contribution in [-0.2, 0) is 10.5 Å². The number of carbonyl (C=O) groups excluding carboxylic acids is 1. The van der Waals surface area contributed by atoms with Gasteiger partial charge in [0.05, 0.1) is 5.69 Å². The molecule has 1 rings (SSSR count). The van der Waals surface area contributed by atoms with Crippen molar-refractivity contribution < 1.29 is 4.79 Å². The zero-order chi connectivity index (χ0) is 8.97. The van der Waals surface area contributed by atoms with Crippen molar-refractivity contribution in [3.8, 4) is 0 Å². The Kier molecular flexibility index (Phi) is 3.75. The highest BCUT2D eigenvalue weighted by Crippen LogP contribution is 2.13. The summed E-state index contributed by atoms with van der Waals surface area (Å²) in [6, 6.07) is 5.68. The van der Waals surface area contributed by atoms with E-state index >= 15 is 0 Å². The molecule has 0 bridgehead atoms. The molecule has 2 nitrogen and oxygen atoms in total. The molecule has 12 heavy (non-hydrogen) atoms. The van der Waals surface area contributed by atoms with Crippen LogP contribution in [0.15, 0.2) is 22.8 Å². The van der Waals surface area contributed by atoms with E-state index in [1.807, 2.05) is 18.2 Å². The Hall–Kier alpha value is -0.350. The molecule has 0 aromatic carbocycles. The van der Waals surface area contributed by atoms with Gasteiger partial charge in [-0.2, -0.15) is 0 Å². The van der Waals surface area contributed by atoms with Crippen LogP contribution in [0.5, 0.6) is 0 Å². The summed E-state index contributed by atoms with van der Waals surface area (Å²) in [6.45, 7) is 1.56. The van der Waals surface area contributed by atoms with Crippen molar-refractivity contribution in [3.63, 3.8) is 0 Å². The summed E-state index contributed by atoms with van der Waals surface area (Å²) >= 11 is 4.53. The van der Waals surface area contributed by atoms with Crippen LogP contribution in [0.1, 0.15) is 12.6 Å². The highest BCUT2D eigenvalue weighted by atomic mass is 79.9. The lowest BCUT2D eigenvalue weighted by Gasteiger charge is -1.97. The lowest BCUT2D eigenvalue weighted by Crippen LogP contribution is -1.89. The summed E-state index contributed by atoms with van der Waals surface area (Å²) in [7, 11) is 0.